The molecule has 1 unspecified atom stereocenters. The lowest BCUT2D eigenvalue weighted by atomic mass is 10.1. The lowest BCUT2D eigenvalue weighted by molar-refractivity contribution is -0.132. The highest BCUT2D eigenvalue weighted by molar-refractivity contribution is 7.87. The third kappa shape index (κ3) is 3.22. The van der Waals surface area contributed by atoms with Crippen LogP contribution in [0.25, 0.3) is 0 Å². The van der Waals surface area contributed by atoms with Crippen molar-refractivity contribution in [3.05, 3.63) is 0 Å². The maximum Gasteiger partial charge on any atom is 0.326 e. The second kappa shape index (κ2) is 5.21. The number of aldehydes is 1. The number of piperazine rings is 1. The molecule has 0 radical (unpaired) electrons. The number of Topliss-reactive ketones (excluding diaryl/α,β-unsaturated/α-hetero) is 1. The van der Waals surface area contributed by atoms with Crippen molar-refractivity contribution in [2.45, 2.75) is 6.04 Å². The molecule has 9 nitrogen and oxygen atoms in total. The van der Waals surface area contributed by atoms with Gasteiger partial charge in [0.1, 0.15) is 6.04 Å². The number of nitrogens with two attached hydrogens (primary N) is 1. The minimum atomic E-state index is -4.20. The predicted molar refractivity (Wildman–Crippen MR) is 56.1 cm³/mol. The first kappa shape index (κ1) is 13.5. The third-order valence-corrected chi connectivity index (χ3v) is 3.69. The normalized spacial score (nSPS) is 21.8. The van der Waals surface area contributed by atoms with Crippen molar-refractivity contribution in [3.63, 3.8) is 0 Å². The number of carbonyl (C=O) groups is 3. The first-order chi connectivity index (χ1) is 7.88. The molecular formula is C7H12N4O5S. The van der Waals surface area contributed by atoms with E-state index in [2.05, 4.69) is 5.32 Å². The molecule has 1 atom stereocenters. The van der Waals surface area contributed by atoms with Crippen LogP contribution in [0.2, 0.25) is 0 Å². The molecule has 1 aliphatic heterocycles. The first-order valence-electron chi connectivity index (χ1n) is 4.67. The molecule has 0 saturated carbocycles. The van der Waals surface area contributed by atoms with Crippen LogP contribution < -0.4 is 15.8 Å². The van der Waals surface area contributed by atoms with Gasteiger partial charge in [0.2, 0.25) is 5.78 Å². The summed E-state index contributed by atoms with van der Waals surface area (Å²) >= 11 is 0. The predicted octanol–water partition coefficient (Wildman–Crippen LogP) is -3.06. The second-order valence-electron chi connectivity index (χ2n) is 3.32. The summed E-state index contributed by atoms with van der Waals surface area (Å²) in [5.41, 5.74) is 4.71. The Kier molecular flexibility index (Phi) is 4.15. The topological polar surface area (TPSA) is 139 Å². The number of carbonyl (C=O) groups excluding carboxylic acids is 3. The average molecular weight is 264 g/mol. The minimum absolute atomic E-state index is 0.0112. The number of nitrogens with one attached hydrogen (secondary N) is 2. The van der Waals surface area contributed by atoms with Gasteiger partial charge in [0.05, 0.1) is 0 Å². The van der Waals surface area contributed by atoms with E-state index in [1.54, 1.807) is 0 Å². The summed E-state index contributed by atoms with van der Waals surface area (Å²) in [6.07, 6.45) is 0.0461. The largest absolute Gasteiger partial charge is 0.351 e. The SMILES string of the molecule is NC(=O)NS(=O)(=O)N1CCNCC1C(=O)C=O. The number of ketones is 1. The summed E-state index contributed by atoms with van der Waals surface area (Å²) in [6, 6.07) is -2.40. The smallest absolute Gasteiger partial charge is 0.326 e. The molecule has 0 bridgehead atoms. The summed E-state index contributed by atoms with van der Waals surface area (Å²) in [4.78, 5) is 32.2. The molecule has 1 aliphatic rings. The summed E-state index contributed by atoms with van der Waals surface area (Å²) in [5, 5.41) is 2.78. The summed E-state index contributed by atoms with van der Waals surface area (Å²) in [6.45, 7) is 0.284. The molecule has 17 heavy (non-hydrogen) atoms. The molecule has 1 fully saturated rings. The molecule has 0 aromatic carbocycles. The van der Waals surface area contributed by atoms with Crippen LogP contribution in [0, 0.1) is 0 Å². The van der Waals surface area contributed by atoms with Crippen LogP contribution >= 0.6 is 0 Å². The Bertz CT molecular complexity index is 434. The van der Waals surface area contributed by atoms with E-state index in [-0.39, 0.29) is 19.4 Å². The number of nitrogens with zero attached hydrogens (tertiary/aromatic N) is 1. The van der Waals surface area contributed by atoms with E-state index in [0.717, 1.165) is 4.31 Å². The minimum Gasteiger partial charge on any atom is -0.351 e. The highest BCUT2D eigenvalue weighted by Crippen LogP contribution is 2.08. The Labute approximate surface area is 97.5 Å². The van der Waals surface area contributed by atoms with Crippen molar-refractivity contribution in [3.8, 4) is 0 Å². The molecule has 0 aromatic rings. The van der Waals surface area contributed by atoms with E-state index >= 15 is 0 Å². The summed E-state index contributed by atoms with van der Waals surface area (Å²) in [7, 11) is -4.20. The molecule has 1 heterocycles. The van der Waals surface area contributed by atoms with Gasteiger partial charge in [-0.2, -0.15) is 12.7 Å². The van der Waals surface area contributed by atoms with Crippen LogP contribution in [0.4, 0.5) is 4.79 Å². The van der Waals surface area contributed by atoms with E-state index in [9.17, 15) is 22.8 Å². The maximum atomic E-state index is 11.6. The summed E-state index contributed by atoms with van der Waals surface area (Å²) in [5.74, 6) is -0.882. The van der Waals surface area contributed by atoms with Gasteiger partial charge in [0.15, 0.2) is 6.29 Å². The fourth-order valence-electron chi connectivity index (χ4n) is 1.48. The van der Waals surface area contributed by atoms with E-state index in [0.29, 0.717) is 6.54 Å². The van der Waals surface area contributed by atoms with Crippen LogP contribution in [0.15, 0.2) is 0 Å². The molecule has 4 N–H and O–H groups in total. The molecule has 0 aromatic heterocycles. The van der Waals surface area contributed by atoms with Crippen molar-refractivity contribution >= 4 is 28.3 Å². The van der Waals surface area contributed by atoms with Gasteiger partial charge in [-0.15, -0.1) is 0 Å². The molecular weight excluding hydrogens is 252 g/mol. The molecule has 10 heteroatoms. The highest BCUT2D eigenvalue weighted by Gasteiger charge is 2.36. The second-order valence-corrected chi connectivity index (χ2v) is 4.95. The van der Waals surface area contributed by atoms with Gasteiger partial charge in [-0.1, -0.05) is 0 Å². The Morgan fingerprint density at radius 1 is 1.47 bits per heavy atom. The first-order valence-corrected chi connectivity index (χ1v) is 6.11. The van der Waals surface area contributed by atoms with Crippen LogP contribution in [0.3, 0.4) is 0 Å². The van der Waals surface area contributed by atoms with Gasteiger partial charge in [-0.05, 0) is 0 Å². The van der Waals surface area contributed by atoms with Crippen LogP contribution in [0.5, 0.6) is 0 Å². The highest BCUT2D eigenvalue weighted by atomic mass is 32.2. The van der Waals surface area contributed by atoms with Gasteiger partial charge in [-0.25, -0.2) is 9.52 Å². The van der Waals surface area contributed by atoms with Gasteiger partial charge < -0.3 is 11.1 Å². The van der Waals surface area contributed by atoms with E-state index in [4.69, 9.17) is 5.73 Å². The molecule has 1 rings (SSSR count). The van der Waals surface area contributed by atoms with Crippen molar-refractivity contribution in [2.75, 3.05) is 19.6 Å². The quantitative estimate of drug-likeness (QED) is 0.364. The maximum absolute atomic E-state index is 11.6. The fourth-order valence-corrected chi connectivity index (χ4v) is 2.70. The van der Waals surface area contributed by atoms with Crippen molar-refractivity contribution < 1.29 is 22.8 Å². The number of hydrogen-bond acceptors (Lipinski definition) is 6. The number of rotatable bonds is 4. The van der Waals surface area contributed by atoms with Crippen LogP contribution in [-0.4, -0.2) is 56.5 Å². The Morgan fingerprint density at radius 2 is 2.12 bits per heavy atom. The average Bonchev–Trinajstić information content (AvgIpc) is 2.26. The lowest BCUT2D eigenvalue weighted by Crippen LogP contribution is -2.60. The molecule has 2 amide bonds. The third-order valence-electron chi connectivity index (χ3n) is 2.18. The van der Waals surface area contributed by atoms with E-state index < -0.39 is 28.1 Å². The van der Waals surface area contributed by atoms with Crippen molar-refractivity contribution in [1.29, 1.82) is 0 Å². The number of primary amides is 1. The zero-order chi connectivity index (χ0) is 13.1. The summed E-state index contributed by atoms with van der Waals surface area (Å²) < 4.78 is 25.6. The standard InChI is InChI=1S/C7H12N4O5S/c8-7(14)10-17(15,16)11-2-1-9-3-5(11)6(13)4-12/h4-5,9H,1-3H2,(H3,8,10,14). The van der Waals surface area contributed by atoms with E-state index in [1.807, 2.05) is 0 Å². The number of hydrogen-bond donors (Lipinski definition) is 3. The van der Waals surface area contributed by atoms with Gasteiger partial charge >= 0.3 is 16.2 Å². The lowest BCUT2D eigenvalue weighted by Gasteiger charge is -2.32. The monoisotopic (exact) mass is 264 g/mol. The molecule has 0 spiro atoms. The zero-order valence-corrected chi connectivity index (χ0v) is 9.57. The Morgan fingerprint density at radius 3 is 2.65 bits per heavy atom. The molecule has 0 aliphatic carbocycles. The number of urea groups is 1. The van der Waals surface area contributed by atoms with Gasteiger partial charge in [0, 0.05) is 19.6 Å². The van der Waals surface area contributed by atoms with Gasteiger partial charge in [0.25, 0.3) is 0 Å². The zero-order valence-electron chi connectivity index (χ0n) is 8.75. The molecule has 1 saturated heterocycles. The number of amides is 2. The van der Waals surface area contributed by atoms with E-state index in [1.165, 1.54) is 4.72 Å². The van der Waals surface area contributed by atoms with Crippen LogP contribution in [-0.2, 0) is 19.8 Å². The van der Waals surface area contributed by atoms with Crippen LogP contribution in [0.1, 0.15) is 0 Å². The van der Waals surface area contributed by atoms with Crippen molar-refractivity contribution in [2.24, 2.45) is 5.73 Å². The molecule has 96 valence electrons. The Hall–Kier alpha value is -1.52. The van der Waals surface area contributed by atoms with Crippen molar-refractivity contribution in [1.82, 2.24) is 14.3 Å². The Balaban J connectivity index is 2.95. The fraction of sp³-hybridized carbons (Fsp3) is 0.571. The van der Waals surface area contributed by atoms with Gasteiger partial charge in [-0.3, -0.25) is 9.59 Å².